The fourth-order valence-electron chi connectivity index (χ4n) is 2.51. The molecule has 0 aliphatic heterocycles. The van der Waals surface area contributed by atoms with E-state index in [9.17, 15) is 10.1 Å². The Morgan fingerprint density at radius 2 is 1.90 bits per heavy atom. The van der Waals surface area contributed by atoms with Crippen molar-refractivity contribution >= 4 is 16.6 Å². The Kier molecular flexibility index (Phi) is 2.99. The molecule has 0 aliphatic rings. The van der Waals surface area contributed by atoms with E-state index >= 15 is 0 Å². The molecule has 0 amide bonds. The van der Waals surface area contributed by atoms with Crippen LogP contribution in [0.4, 0.5) is 5.69 Å². The lowest BCUT2D eigenvalue weighted by Crippen LogP contribution is -1.91. The van der Waals surface area contributed by atoms with Crippen molar-refractivity contribution in [3.05, 3.63) is 64.8 Å². The summed E-state index contributed by atoms with van der Waals surface area (Å²) in [6.07, 6.45) is 2.06. The summed E-state index contributed by atoms with van der Waals surface area (Å²) in [4.78, 5) is 10.6. The second kappa shape index (κ2) is 4.81. The number of hydrogen-bond donors (Lipinski definition) is 0. The molecular weight excluding hydrogens is 252 g/mol. The molecule has 0 fully saturated rings. The van der Waals surface area contributed by atoms with Gasteiger partial charge in [0.25, 0.3) is 5.69 Å². The summed E-state index contributed by atoms with van der Waals surface area (Å²) in [5.41, 5.74) is 3.26. The molecule has 2 aromatic carbocycles. The van der Waals surface area contributed by atoms with Crippen molar-refractivity contribution < 1.29 is 4.92 Å². The van der Waals surface area contributed by atoms with E-state index in [0.717, 1.165) is 28.6 Å². The molecule has 3 aromatic rings. The maximum absolute atomic E-state index is 11.0. The summed E-state index contributed by atoms with van der Waals surface area (Å²) in [7, 11) is 0. The maximum Gasteiger partial charge on any atom is 0.270 e. The molecule has 3 rings (SSSR count). The average Bonchev–Trinajstić information content (AvgIpc) is 2.86. The molecule has 0 aliphatic carbocycles. The molecule has 0 N–H and O–H groups in total. The largest absolute Gasteiger partial charge is 0.347 e. The SMILES string of the molecule is CCn1cc(-c2ccccc2)c2cc([N+](=O)[O-])ccc21. The van der Waals surface area contributed by atoms with Crippen LogP contribution in [0, 0.1) is 10.1 Å². The molecule has 1 heterocycles. The summed E-state index contributed by atoms with van der Waals surface area (Å²) >= 11 is 0. The minimum atomic E-state index is -0.350. The molecule has 1 aromatic heterocycles. The molecule has 0 bridgehead atoms. The highest BCUT2D eigenvalue weighted by atomic mass is 16.6. The molecule has 0 spiro atoms. The number of nitro groups is 1. The van der Waals surface area contributed by atoms with E-state index in [1.54, 1.807) is 12.1 Å². The Labute approximate surface area is 116 Å². The molecule has 100 valence electrons. The Morgan fingerprint density at radius 3 is 2.55 bits per heavy atom. The Balaban J connectivity index is 2.30. The standard InChI is InChI=1S/C16H14N2O2/c1-2-17-11-15(12-6-4-3-5-7-12)14-10-13(18(19)20)8-9-16(14)17/h3-11H,2H2,1H3. The number of benzene rings is 2. The predicted molar refractivity (Wildman–Crippen MR) is 79.7 cm³/mol. The first kappa shape index (κ1) is 12.4. The first-order valence-electron chi connectivity index (χ1n) is 6.53. The van der Waals surface area contributed by atoms with Gasteiger partial charge in [-0.1, -0.05) is 30.3 Å². The molecule has 4 heteroatoms. The van der Waals surface area contributed by atoms with Crippen molar-refractivity contribution in [2.24, 2.45) is 0 Å². The number of aromatic nitrogens is 1. The van der Waals surface area contributed by atoms with E-state index in [0.29, 0.717) is 0 Å². The summed E-state index contributed by atoms with van der Waals surface area (Å²) in [6, 6.07) is 15.0. The minimum absolute atomic E-state index is 0.128. The van der Waals surface area contributed by atoms with Crippen molar-refractivity contribution in [1.82, 2.24) is 4.57 Å². The maximum atomic E-state index is 11.0. The fraction of sp³-hybridized carbons (Fsp3) is 0.125. The number of fused-ring (bicyclic) bond motifs is 1. The van der Waals surface area contributed by atoms with Crippen LogP contribution >= 0.6 is 0 Å². The fourth-order valence-corrected chi connectivity index (χ4v) is 2.51. The van der Waals surface area contributed by atoms with Crippen LogP contribution in [0.15, 0.2) is 54.7 Å². The highest BCUT2D eigenvalue weighted by Crippen LogP contribution is 2.32. The van der Waals surface area contributed by atoms with Crippen LogP contribution < -0.4 is 0 Å². The molecule has 0 saturated carbocycles. The van der Waals surface area contributed by atoms with Crippen LogP contribution in [0.1, 0.15) is 6.92 Å². The first-order valence-corrected chi connectivity index (χ1v) is 6.53. The Bertz CT molecular complexity index is 776. The van der Waals surface area contributed by atoms with E-state index < -0.39 is 0 Å². The summed E-state index contributed by atoms with van der Waals surface area (Å²) < 4.78 is 2.11. The number of aryl methyl sites for hydroxylation is 1. The van der Waals surface area contributed by atoms with Gasteiger partial charge in [-0.25, -0.2) is 0 Å². The molecule has 0 radical (unpaired) electrons. The normalized spacial score (nSPS) is 10.8. The van der Waals surface area contributed by atoms with Gasteiger partial charge >= 0.3 is 0 Å². The van der Waals surface area contributed by atoms with Gasteiger partial charge in [-0.05, 0) is 18.6 Å². The van der Waals surface area contributed by atoms with Crippen molar-refractivity contribution in [3.63, 3.8) is 0 Å². The number of hydrogen-bond acceptors (Lipinski definition) is 2. The lowest BCUT2D eigenvalue weighted by atomic mass is 10.0. The number of nitro benzene ring substituents is 1. The lowest BCUT2D eigenvalue weighted by molar-refractivity contribution is -0.384. The summed E-state index contributed by atoms with van der Waals surface area (Å²) in [5, 5.41) is 11.9. The molecule has 4 nitrogen and oxygen atoms in total. The second-order valence-electron chi connectivity index (χ2n) is 4.65. The van der Waals surface area contributed by atoms with Crippen molar-refractivity contribution in [1.29, 1.82) is 0 Å². The van der Waals surface area contributed by atoms with Gasteiger partial charge in [0.1, 0.15) is 0 Å². The second-order valence-corrected chi connectivity index (χ2v) is 4.65. The van der Waals surface area contributed by atoms with Gasteiger partial charge < -0.3 is 4.57 Å². The Morgan fingerprint density at radius 1 is 1.15 bits per heavy atom. The zero-order valence-electron chi connectivity index (χ0n) is 11.1. The van der Waals surface area contributed by atoms with Crippen LogP contribution in [0.2, 0.25) is 0 Å². The van der Waals surface area contributed by atoms with Crippen LogP contribution in [-0.2, 0) is 6.54 Å². The van der Waals surface area contributed by atoms with Crippen LogP contribution in [0.25, 0.3) is 22.0 Å². The van der Waals surface area contributed by atoms with E-state index in [1.807, 2.05) is 36.4 Å². The molecule has 0 saturated heterocycles. The van der Waals surface area contributed by atoms with Gasteiger partial charge in [0.15, 0.2) is 0 Å². The summed E-state index contributed by atoms with van der Waals surface area (Å²) in [5.74, 6) is 0. The quantitative estimate of drug-likeness (QED) is 0.526. The molecule has 0 atom stereocenters. The van der Waals surface area contributed by atoms with E-state index in [2.05, 4.69) is 17.7 Å². The van der Waals surface area contributed by atoms with E-state index in [1.165, 1.54) is 0 Å². The minimum Gasteiger partial charge on any atom is -0.347 e. The van der Waals surface area contributed by atoms with Crippen LogP contribution in [-0.4, -0.2) is 9.49 Å². The van der Waals surface area contributed by atoms with E-state index in [-0.39, 0.29) is 10.6 Å². The highest BCUT2D eigenvalue weighted by molar-refractivity contribution is 5.97. The van der Waals surface area contributed by atoms with Gasteiger partial charge in [-0.2, -0.15) is 0 Å². The topological polar surface area (TPSA) is 48.1 Å². The molecule has 20 heavy (non-hydrogen) atoms. The zero-order chi connectivity index (χ0) is 14.1. The predicted octanol–water partition coefficient (Wildman–Crippen LogP) is 4.24. The Hall–Kier alpha value is -2.62. The van der Waals surface area contributed by atoms with Crippen LogP contribution in [0.5, 0.6) is 0 Å². The van der Waals surface area contributed by atoms with Crippen molar-refractivity contribution in [2.75, 3.05) is 0 Å². The third-order valence-corrected chi connectivity index (χ3v) is 3.50. The number of nitrogens with zero attached hydrogens (tertiary/aromatic N) is 2. The average molecular weight is 266 g/mol. The third-order valence-electron chi connectivity index (χ3n) is 3.50. The number of non-ortho nitro benzene ring substituents is 1. The molecule has 0 unspecified atom stereocenters. The summed E-state index contributed by atoms with van der Waals surface area (Å²) in [6.45, 7) is 2.90. The first-order chi connectivity index (χ1) is 9.70. The van der Waals surface area contributed by atoms with Gasteiger partial charge in [-0.3, -0.25) is 10.1 Å². The lowest BCUT2D eigenvalue weighted by Gasteiger charge is -1.99. The zero-order valence-corrected chi connectivity index (χ0v) is 11.1. The monoisotopic (exact) mass is 266 g/mol. The smallest absolute Gasteiger partial charge is 0.270 e. The van der Waals surface area contributed by atoms with Gasteiger partial charge in [-0.15, -0.1) is 0 Å². The van der Waals surface area contributed by atoms with Gasteiger partial charge in [0.2, 0.25) is 0 Å². The van der Waals surface area contributed by atoms with Gasteiger partial charge in [0.05, 0.1) is 4.92 Å². The van der Waals surface area contributed by atoms with Gasteiger partial charge in [0, 0.05) is 41.3 Å². The van der Waals surface area contributed by atoms with Crippen molar-refractivity contribution in [3.8, 4) is 11.1 Å². The molecular formula is C16H14N2O2. The van der Waals surface area contributed by atoms with Crippen molar-refractivity contribution in [2.45, 2.75) is 13.5 Å². The highest BCUT2D eigenvalue weighted by Gasteiger charge is 2.13. The number of rotatable bonds is 3. The third kappa shape index (κ3) is 1.95. The van der Waals surface area contributed by atoms with Crippen LogP contribution in [0.3, 0.4) is 0 Å². The van der Waals surface area contributed by atoms with E-state index in [4.69, 9.17) is 0 Å².